The SMILES string of the molecule is CC(C)(C)C1CC=C(CCO)CC1. The van der Waals surface area contributed by atoms with Crippen LogP contribution >= 0.6 is 0 Å². The molecule has 0 fully saturated rings. The Hall–Kier alpha value is -0.300. The molecule has 0 aromatic rings. The maximum atomic E-state index is 8.80. The van der Waals surface area contributed by atoms with Crippen molar-refractivity contribution in [3.63, 3.8) is 0 Å². The minimum atomic E-state index is 0.312. The molecule has 1 heteroatoms. The Bertz CT molecular complexity index is 186. The summed E-state index contributed by atoms with van der Waals surface area (Å²) in [6, 6.07) is 0. The fourth-order valence-electron chi connectivity index (χ4n) is 2.05. The molecule has 0 bridgehead atoms. The van der Waals surface area contributed by atoms with Gasteiger partial charge in [-0.2, -0.15) is 0 Å². The van der Waals surface area contributed by atoms with Crippen LogP contribution in [0.25, 0.3) is 0 Å². The van der Waals surface area contributed by atoms with E-state index in [0.717, 1.165) is 12.3 Å². The molecule has 0 heterocycles. The molecular formula is C12H22O. The quantitative estimate of drug-likeness (QED) is 0.650. The van der Waals surface area contributed by atoms with Crippen molar-refractivity contribution in [2.75, 3.05) is 6.61 Å². The zero-order valence-electron chi connectivity index (χ0n) is 9.14. The van der Waals surface area contributed by atoms with E-state index in [1.807, 2.05) is 0 Å². The molecule has 1 nitrogen and oxygen atoms in total. The van der Waals surface area contributed by atoms with Gasteiger partial charge in [-0.3, -0.25) is 0 Å². The number of aliphatic hydroxyl groups excluding tert-OH is 1. The maximum Gasteiger partial charge on any atom is 0.0468 e. The Labute approximate surface area is 81.9 Å². The van der Waals surface area contributed by atoms with Gasteiger partial charge in [0.2, 0.25) is 0 Å². The highest BCUT2D eigenvalue weighted by molar-refractivity contribution is 5.07. The lowest BCUT2D eigenvalue weighted by Crippen LogP contribution is -2.22. The van der Waals surface area contributed by atoms with Gasteiger partial charge in [-0.15, -0.1) is 0 Å². The van der Waals surface area contributed by atoms with Gasteiger partial charge in [0, 0.05) is 6.61 Å². The summed E-state index contributed by atoms with van der Waals surface area (Å²) in [4.78, 5) is 0. The number of aliphatic hydroxyl groups is 1. The summed E-state index contributed by atoms with van der Waals surface area (Å²) in [5, 5.41) is 8.80. The first-order chi connectivity index (χ1) is 6.04. The monoisotopic (exact) mass is 182 g/mol. The summed E-state index contributed by atoms with van der Waals surface area (Å²) in [6.45, 7) is 7.28. The molecule has 76 valence electrons. The summed E-state index contributed by atoms with van der Waals surface area (Å²) in [7, 11) is 0. The molecule has 0 radical (unpaired) electrons. The Morgan fingerprint density at radius 2 is 2.15 bits per heavy atom. The van der Waals surface area contributed by atoms with Crippen molar-refractivity contribution in [1.29, 1.82) is 0 Å². The van der Waals surface area contributed by atoms with Crippen LogP contribution in [-0.4, -0.2) is 11.7 Å². The van der Waals surface area contributed by atoms with Gasteiger partial charge in [-0.1, -0.05) is 32.4 Å². The highest BCUT2D eigenvalue weighted by Crippen LogP contribution is 2.37. The summed E-state index contributed by atoms with van der Waals surface area (Å²) in [5.41, 5.74) is 1.91. The number of rotatable bonds is 2. The predicted molar refractivity (Wildman–Crippen MR) is 56.6 cm³/mol. The van der Waals surface area contributed by atoms with Crippen molar-refractivity contribution in [1.82, 2.24) is 0 Å². The molecule has 1 atom stereocenters. The average molecular weight is 182 g/mol. The number of hydrogen-bond acceptors (Lipinski definition) is 1. The van der Waals surface area contributed by atoms with E-state index >= 15 is 0 Å². The highest BCUT2D eigenvalue weighted by atomic mass is 16.2. The van der Waals surface area contributed by atoms with Gasteiger partial charge in [0.25, 0.3) is 0 Å². The number of allylic oxidation sites excluding steroid dienone is 1. The van der Waals surface area contributed by atoms with Crippen LogP contribution in [0.1, 0.15) is 46.5 Å². The Morgan fingerprint density at radius 3 is 2.54 bits per heavy atom. The maximum absolute atomic E-state index is 8.80. The van der Waals surface area contributed by atoms with Crippen molar-refractivity contribution in [3.8, 4) is 0 Å². The van der Waals surface area contributed by atoms with Crippen molar-refractivity contribution >= 4 is 0 Å². The largest absolute Gasteiger partial charge is 0.396 e. The van der Waals surface area contributed by atoms with Crippen LogP contribution in [0.2, 0.25) is 0 Å². The van der Waals surface area contributed by atoms with Crippen LogP contribution in [0, 0.1) is 11.3 Å². The standard InChI is InChI=1S/C12H22O/c1-12(2,3)11-6-4-10(5-7-11)8-9-13/h4,11,13H,5-9H2,1-3H3. The molecule has 0 aliphatic heterocycles. The average Bonchev–Trinajstić information content (AvgIpc) is 2.04. The van der Waals surface area contributed by atoms with E-state index in [1.54, 1.807) is 0 Å². The van der Waals surface area contributed by atoms with Crippen molar-refractivity contribution in [2.45, 2.75) is 46.5 Å². The van der Waals surface area contributed by atoms with Crippen LogP contribution < -0.4 is 0 Å². The van der Waals surface area contributed by atoms with Crippen LogP contribution in [-0.2, 0) is 0 Å². The van der Waals surface area contributed by atoms with Crippen molar-refractivity contribution in [3.05, 3.63) is 11.6 Å². The van der Waals surface area contributed by atoms with Gasteiger partial charge in [-0.25, -0.2) is 0 Å². The third-order valence-corrected chi connectivity index (χ3v) is 3.16. The van der Waals surface area contributed by atoms with Crippen LogP contribution in [0.3, 0.4) is 0 Å². The van der Waals surface area contributed by atoms with Crippen LogP contribution in [0.15, 0.2) is 11.6 Å². The van der Waals surface area contributed by atoms with Crippen molar-refractivity contribution < 1.29 is 5.11 Å². The summed E-state index contributed by atoms with van der Waals surface area (Å²) in [6.07, 6.45) is 6.93. The Morgan fingerprint density at radius 1 is 1.46 bits per heavy atom. The van der Waals surface area contributed by atoms with Gasteiger partial charge in [0.15, 0.2) is 0 Å². The molecule has 1 aliphatic carbocycles. The molecule has 0 amide bonds. The van der Waals surface area contributed by atoms with Gasteiger partial charge < -0.3 is 5.11 Å². The van der Waals surface area contributed by atoms with Crippen molar-refractivity contribution in [2.24, 2.45) is 11.3 Å². The predicted octanol–water partition coefficient (Wildman–Crippen LogP) is 3.14. The lowest BCUT2D eigenvalue weighted by Gasteiger charge is -2.33. The Kier molecular flexibility index (Phi) is 3.55. The van der Waals surface area contributed by atoms with E-state index in [1.165, 1.54) is 24.8 Å². The first-order valence-corrected chi connectivity index (χ1v) is 5.33. The van der Waals surface area contributed by atoms with E-state index in [9.17, 15) is 0 Å². The van der Waals surface area contributed by atoms with E-state index in [2.05, 4.69) is 26.8 Å². The normalized spacial score (nSPS) is 24.3. The zero-order chi connectivity index (χ0) is 9.90. The minimum Gasteiger partial charge on any atom is -0.396 e. The van der Waals surface area contributed by atoms with Crippen LogP contribution in [0.4, 0.5) is 0 Å². The van der Waals surface area contributed by atoms with Gasteiger partial charge >= 0.3 is 0 Å². The fourth-order valence-corrected chi connectivity index (χ4v) is 2.05. The fraction of sp³-hybridized carbons (Fsp3) is 0.833. The molecule has 1 aliphatic rings. The molecule has 0 saturated carbocycles. The lowest BCUT2D eigenvalue weighted by atomic mass is 9.73. The second kappa shape index (κ2) is 4.28. The second-order valence-corrected chi connectivity index (χ2v) is 5.17. The molecule has 1 N–H and O–H groups in total. The highest BCUT2D eigenvalue weighted by Gasteiger charge is 2.25. The second-order valence-electron chi connectivity index (χ2n) is 5.17. The molecule has 0 aromatic heterocycles. The summed E-state index contributed by atoms with van der Waals surface area (Å²) >= 11 is 0. The van der Waals surface area contributed by atoms with Gasteiger partial charge in [0.05, 0.1) is 0 Å². The molecule has 0 saturated heterocycles. The molecule has 0 aromatic carbocycles. The lowest BCUT2D eigenvalue weighted by molar-refractivity contribution is 0.217. The van der Waals surface area contributed by atoms with E-state index < -0.39 is 0 Å². The van der Waals surface area contributed by atoms with E-state index in [-0.39, 0.29) is 0 Å². The third kappa shape index (κ3) is 3.15. The molecular weight excluding hydrogens is 160 g/mol. The minimum absolute atomic E-state index is 0.312. The van der Waals surface area contributed by atoms with E-state index in [0.29, 0.717) is 12.0 Å². The smallest absolute Gasteiger partial charge is 0.0468 e. The molecule has 0 spiro atoms. The summed E-state index contributed by atoms with van der Waals surface area (Å²) in [5.74, 6) is 0.829. The first kappa shape index (κ1) is 10.8. The van der Waals surface area contributed by atoms with Gasteiger partial charge in [0.1, 0.15) is 0 Å². The number of hydrogen-bond donors (Lipinski definition) is 1. The molecule has 13 heavy (non-hydrogen) atoms. The molecule has 1 unspecified atom stereocenters. The summed E-state index contributed by atoms with van der Waals surface area (Å²) < 4.78 is 0. The van der Waals surface area contributed by atoms with E-state index in [4.69, 9.17) is 5.11 Å². The van der Waals surface area contributed by atoms with Gasteiger partial charge in [-0.05, 0) is 37.0 Å². The zero-order valence-corrected chi connectivity index (χ0v) is 9.14. The molecule has 1 rings (SSSR count). The topological polar surface area (TPSA) is 20.2 Å². The van der Waals surface area contributed by atoms with Crippen LogP contribution in [0.5, 0.6) is 0 Å². The first-order valence-electron chi connectivity index (χ1n) is 5.33. The Balaban J connectivity index is 2.46. The third-order valence-electron chi connectivity index (χ3n) is 3.16.